The molecule has 0 aliphatic carbocycles. The minimum absolute atomic E-state index is 0.140. The summed E-state index contributed by atoms with van der Waals surface area (Å²) in [7, 11) is 1.73. The van der Waals surface area contributed by atoms with Gasteiger partial charge in [0.1, 0.15) is 11.2 Å². The Morgan fingerprint density at radius 2 is 2.38 bits per heavy atom. The van der Waals surface area contributed by atoms with E-state index in [1.165, 1.54) is 22.3 Å². The summed E-state index contributed by atoms with van der Waals surface area (Å²) in [6, 6.07) is 0. The predicted octanol–water partition coefficient (Wildman–Crippen LogP) is 2.04. The Bertz CT molecular complexity index is 533. The highest BCUT2D eigenvalue weighted by molar-refractivity contribution is 14.1. The zero-order valence-corrected chi connectivity index (χ0v) is 11.7. The van der Waals surface area contributed by atoms with Crippen LogP contribution in [0.5, 0.6) is 0 Å². The average molecular weight is 348 g/mol. The predicted molar refractivity (Wildman–Crippen MR) is 70.7 cm³/mol. The number of carbonyl (C=O) groups is 1. The molecule has 0 radical (unpaired) electrons. The van der Waals surface area contributed by atoms with Crippen LogP contribution in [0, 0.1) is 10.5 Å². The lowest BCUT2D eigenvalue weighted by atomic mass is 10.3. The van der Waals surface area contributed by atoms with E-state index in [0.29, 0.717) is 10.8 Å². The van der Waals surface area contributed by atoms with Gasteiger partial charge in [-0.05, 0) is 40.5 Å². The van der Waals surface area contributed by atoms with E-state index in [0.717, 1.165) is 9.13 Å². The van der Waals surface area contributed by atoms with Gasteiger partial charge in [-0.15, -0.1) is 11.3 Å². The molecule has 0 saturated carbocycles. The third kappa shape index (κ3) is 2.09. The zero-order valence-electron chi connectivity index (χ0n) is 8.69. The van der Waals surface area contributed by atoms with Crippen LogP contribution in [-0.2, 0) is 7.05 Å². The summed E-state index contributed by atoms with van der Waals surface area (Å²) in [4.78, 5) is 16.6. The number of rotatable bonds is 2. The number of thiophene rings is 1. The first-order valence-electron chi connectivity index (χ1n) is 4.48. The molecule has 0 fully saturated rings. The van der Waals surface area contributed by atoms with Crippen LogP contribution in [0.1, 0.15) is 15.2 Å². The molecule has 2 heterocycles. The molecular weight excluding hydrogens is 339 g/mol. The van der Waals surface area contributed by atoms with Crippen LogP contribution in [0.2, 0.25) is 0 Å². The van der Waals surface area contributed by atoms with Crippen molar-refractivity contribution in [3.8, 4) is 0 Å². The Hall–Kier alpha value is -0.960. The van der Waals surface area contributed by atoms with Gasteiger partial charge < -0.3 is 0 Å². The summed E-state index contributed by atoms with van der Waals surface area (Å²) in [5.74, 6) is 0.311. The summed E-state index contributed by atoms with van der Waals surface area (Å²) < 4.78 is 2.51. The number of hydrogen-bond acceptors (Lipinski definition) is 4. The molecule has 0 spiro atoms. The second kappa shape index (κ2) is 4.50. The fourth-order valence-corrected chi connectivity index (χ4v) is 2.98. The molecular formula is C9H9IN4OS. The van der Waals surface area contributed by atoms with Crippen molar-refractivity contribution in [2.24, 2.45) is 7.05 Å². The lowest BCUT2D eigenvalue weighted by molar-refractivity contribution is 0.102. The van der Waals surface area contributed by atoms with Crippen LogP contribution < -0.4 is 5.32 Å². The SMILES string of the molecule is Cc1csc(C(=O)Nc2ncnn2C)c1I. The molecule has 0 saturated heterocycles. The van der Waals surface area contributed by atoms with Gasteiger partial charge in [0.15, 0.2) is 0 Å². The van der Waals surface area contributed by atoms with Crippen LogP contribution in [0.25, 0.3) is 0 Å². The number of carbonyl (C=O) groups excluding carboxylic acids is 1. The second-order valence-corrected chi connectivity index (χ2v) is 5.18. The Morgan fingerprint density at radius 3 is 2.88 bits per heavy atom. The van der Waals surface area contributed by atoms with Gasteiger partial charge in [0.2, 0.25) is 5.95 Å². The first-order chi connectivity index (χ1) is 7.59. The van der Waals surface area contributed by atoms with Crippen LogP contribution in [-0.4, -0.2) is 20.7 Å². The summed E-state index contributed by atoms with van der Waals surface area (Å²) in [5.41, 5.74) is 1.12. The van der Waals surface area contributed by atoms with Gasteiger partial charge >= 0.3 is 0 Å². The van der Waals surface area contributed by atoms with E-state index in [1.807, 2.05) is 12.3 Å². The smallest absolute Gasteiger partial charge is 0.269 e. The van der Waals surface area contributed by atoms with E-state index in [1.54, 1.807) is 7.05 Å². The van der Waals surface area contributed by atoms with Crippen molar-refractivity contribution in [2.75, 3.05) is 5.32 Å². The Morgan fingerprint density at radius 1 is 1.62 bits per heavy atom. The summed E-state index contributed by atoms with van der Waals surface area (Å²) >= 11 is 3.61. The maximum atomic E-state index is 11.9. The molecule has 0 unspecified atom stereocenters. The maximum Gasteiger partial charge on any atom is 0.269 e. The van der Waals surface area contributed by atoms with Gasteiger partial charge in [-0.25, -0.2) is 4.68 Å². The number of anilines is 1. The standard InChI is InChI=1S/C9H9IN4OS/c1-5-3-16-7(6(5)10)8(15)13-9-11-4-12-14(9)2/h3-4H,1-2H3,(H,11,12,13,15). The quantitative estimate of drug-likeness (QED) is 0.845. The average Bonchev–Trinajstić information content (AvgIpc) is 2.77. The first-order valence-corrected chi connectivity index (χ1v) is 6.44. The topological polar surface area (TPSA) is 59.8 Å². The van der Waals surface area contributed by atoms with Crippen molar-refractivity contribution in [3.63, 3.8) is 0 Å². The molecule has 0 aliphatic rings. The highest BCUT2D eigenvalue weighted by Gasteiger charge is 2.15. The molecule has 16 heavy (non-hydrogen) atoms. The number of aryl methyl sites for hydroxylation is 2. The number of aromatic nitrogens is 3. The van der Waals surface area contributed by atoms with Gasteiger partial charge in [-0.2, -0.15) is 10.1 Å². The molecule has 0 atom stereocenters. The molecule has 2 rings (SSSR count). The third-order valence-corrected chi connectivity index (χ3v) is 4.89. The van der Waals surface area contributed by atoms with E-state index >= 15 is 0 Å². The summed E-state index contributed by atoms with van der Waals surface area (Å²) in [6.45, 7) is 1.98. The fourth-order valence-electron chi connectivity index (χ4n) is 1.15. The molecule has 84 valence electrons. The van der Waals surface area contributed by atoms with Gasteiger partial charge in [0.25, 0.3) is 5.91 Å². The van der Waals surface area contributed by atoms with Gasteiger partial charge in [-0.3, -0.25) is 10.1 Å². The minimum atomic E-state index is -0.140. The summed E-state index contributed by atoms with van der Waals surface area (Å²) in [5, 5.41) is 8.57. The van der Waals surface area contributed by atoms with E-state index in [4.69, 9.17) is 0 Å². The zero-order chi connectivity index (χ0) is 11.7. The van der Waals surface area contributed by atoms with Gasteiger partial charge in [0.05, 0.1) is 0 Å². The van der Waals surface area contributed by atoms with Gasteiger partial charge in [0, 0.05) is 10.6 Å². The molecule has 1 amide bonds. The Balaban J connectivity index is 2.21. The van der Waals surface area contributed by atoms with Gasteiger partial charge in [-0.1, -0.05) is 0 Å². The lowest BCUT2D eigenvalue weighted by Gasteiger charge is -2.02. The number of nitrogens with one attached hydrogen (secondary N) is 1. The number of hydrogen-bond donors (Lipinski definition) is 1. The highest BCUT2D eigenvalue weighted by Crippen LogP contribution is 2.24. The largest absolute Gasteiger partial charge is 0.290 e. The number of nitrogens with zero attached hydrogens (tertiary/aromatic N) is 3. The molecule has 2 aromatic heterocycles. The Kier molecular flexibility index (Phi) is 3.24. The van der Waals surface area contributed by atoms with Crippen molar-refractivity contribution >= 4 is 45.8 Å². The Labute approximate surface area is 110 Å². The van der Waals surface area contributed by atoms with E-state index in [-0.39, 0.29) is 5.91 Å². The van der Waals surface area contributed by atoms with E-state index in [9.17, 15) is 4.79 Å². The van der Waals surface area contributed by atoms with Crippen LogP contribution in [0.4, 0.5) is 5.95 Å². The van der Waals surface area contributed by atoms with E-state index in [2.05, 4.69) is 38.0 Å². The number of halogens is 1. The highest BCUT2D eigenvalue weighted by atomic mass is 127. The molecule has 0 bridgehead atoms. The van der Waals surface area contributed by atoms with Crippen LogP contribution in [0.3, 0.4) is 0 Å². The molecule has 1 N–H and O–H groups in total. The summed E-state index contributed by atoms with van der Waals surface area (Å²) in [6.07, 6.45) is 1.40. The van der Waals surface area contributed by atoms with Crippen LogP contribution in [0.15, 0.2) is 11.7 Å². The van der Waals surface area contributed by atoms with Crippen molar-refractivity contribution in [2.45, 2.75) is 6.92 Å². The molecule has 0 aromatic carbocycles. The van der Waals surface area contributed by atoms with Crippen molar-refractivity contribution < 1.29 is 4.79 Å². The molecule has 7 heteroatoms. The number of amides is 1. The van der Waals surface area contributed by atoms with Crippen molar-refractivity contribution in [1.29, 1.82) is 0 Å². The third-order valence-electron chi connectivity index (χ3n) is 2.04. The molecule has 0 aliphatic heterocycles. The maximum absolute atomic E-state index is 11.9. The normalized spacial score (nSPS) is 10.4. The molecule has 2 aromatic rings. The lowest BCUT2D eigenvalue weighted by Crippen LogP contribution is -2.15. The van der Waals surface area contributed by atoms with E-state index < -0.39 is 0 Å². The monoisotopic (exact) mass is 348 g/mol. The minimum Gasteiger partial charge on any atom is -0.290 e. The van der Waals surface area contributed by atoms with Crippen molar-refractivity contribution in [1.82, 2.24) is 14.8 Å². The van der Waals surface area contributed by atoms with Crippen molar-refractivity contribution in [3.05, 3.63) is 25.7 Å². The second-order valence-electron chi connectivity index (χ2n) is 3.22. The fraction of sp³-hybridized carbons (Fsp3) is 0.222. The first kappa shape index (κ1) is 11.5. The van der Waals surface area contributed by atoms with Crippen LogP contribution >= 0.6 is 33.9 Å². The molecule has 5 nitrogen and oxygen atoms in total.